The molecule has 0 saturated carbocycles. The summed E-state index contributed by atoms with van der Waals surface area (Å²) in [5.74, 6) is 1.37. The van der Waals surface area contributed by atoms with E-state index >= 15 is 0 Å². The molecular weight excluding hydrogens is 337 g/mol. The highest BCUT2D eigenvalue weighted by atomic mass is 35.5. The van der Waals surface area contributed by atoms with Crippen LogP contribution in [0.5, 0.6) is 11.5 Å². The second-order valence-electron chi connectivity index (χ2n) is 5.18. The van der Waals surface area contributed by atoms with Crippen molar-refractivity contribution in [3.05, 3.63) is 57.6 Å². The monoisotopic (exact) mass is 351 g/mol. The summed E-state index contributed by atoms with van der Waals surface area (Å²) < 4.78 is 11.0. The first-order valence-corrected chi connectivity index (χ1v) is 7.96. The third-order valence-corrected chi connectivity index (χ3v) is 4.18. The number of carbonyl (C=O) groups excluding carboxylic acids is 1. The minimum atomic E-state index is -0.0849. The van der Waals surface area contributed by atoms with Gasteiger partial charge in [0.2, 0.25) is 5.91 Å². The van der Waals surface area contributed by atoms with Crippen molar-refractivity contribution < 1.29 is 14.3 Å². The van der Waals surface area contributed by atoms with Gasteiger partial charge >= 0.3 is 0 Å². The number of hydrogen-bond acceptors (Lipinski definition) is 3. The lowest BCUT2D eigenvalue weighted by Crippen LogP contribution is -2.24. The molecule has 3 rings (SSSR count). The molecule has 0 saturated heterocycles. The van der Waals surface area contributed by atoms with E-state index in [4.69, 9.17) is 32.7 Å². The summed E-state index contributed by atoms with van der Waals surface area (Å²) in [7, 11) is 0. The van der Waals surface area contributed by atoms with Gasteiger partial charge in [-0.3, -0.25) is 4.79 Å². The number of ether oxygens (including phenoxy) is 2. The average molecular weight is 352 g/mol. The molecule has 1 aliphatic heterocycles. The number of nitrogens with one attached hydrogen (secondary N) is 1. The Kier molecular flexibility index (Phi) is 4.94. The molecule has 0 fully saturated rings. The van der Waals surface area contributed by atoms with E-state index in [-0.39, 0.29) is 12.3 Å². The number of hydrogen-bond donors (Lipinski definition) is 1. The van der Waals surface area contributed by atoms with Crippen molar-refractivity contribution in [3.63, 3.8) is 0 Å². The topological polar surface area (TPSA) is 47.6 Å². The number of rotatable bonds is 4. The van der Waals surface area contributed by atoms with Gasteiger partial charge in [-0.05, 0) is 35.4 Å². The summed E-state index contributed by atoms with van der Waals surface area (Å²) in [4.78, 5) is 12.0. The quantitative estimate of drug-likeness (QED) is 0.914. The number of amides is 1. The van der Waals surface area contributed by atoms with Gasteiger partial charge in [0, 0.05) is 6.54 Å². The van der Waals surface area contributed by atoms with Gasteiger partial charge in [-0.1, -0.05) is 35.3 Å². The Balaban J connectivity index is 1.57. The summed E-state index contributed by atoms with van der Waals surface area (Å²) in [6.45, 7) is 1.53. The van der Waals surface area contributed by atoms with E-state index in [1.807, 2.05) is 18.2 Å². The molecule has 2 aromatic rings. The summed E-state index contributed by atoms with van der Waals surface area (Å²) in [6, 6.07) is 10.8. The van der Waals surface area contributed by atoms with E-state index in [0.29, 0.717) is 35.6 Å². The normalized spacial score (nSPS) is 12.8. The summed E-state index contributed by atoms with van der Waals surface area (Å²) in [5.41, 5.74) is 1.77. The van der Waals surface area contributed by atoms with Crippen LogP contribution in [0.25, 0.3) is 0 Å². The molecule has 4 nitrogen and oxygen atoms in total. The number of benzene rings is 2. The molecule has 1 heterocycles. The van der Waals surface area contributed by atoms with E-state index in [1.165, 1.54) is 0 Å². The molecule has 0 radical (unpaired) electrons. The van der Waals surface area contributed by atoms with E-state index in [1.54, 1.807) is 18.2 Å². The molecule has 23 heavy (non-hydrogen) atoms. The van der Waals surface area contributed by atoms with Crippen LogP contribution in [0.4, 0.5) is 0 Å². The zero-order valence-electron chi connectivity index (χ0n) is 12.3. The highest BCUT2D eigenvalue weighted by Crippen LogP contribution is 2.30. The highest BCUT2D eigenvalue weighted by Gasteiger charge is 2.12. The van der Waals surface area contributed by atoms with Crippen LogP contribution in [0, 0.1) is 0 Å². The summed E-state index contributed by atoms with van der Waals surface area (Å²) >= 11 is 11.8. The first-order chi connectivity index (χ1) is 11.1. The van der Waals surface area contributed by atoms with Gasteiger partial charge in [0.25, 0.3) is 0 Å². The lowest BCUT2D eigenvalue weighted by Gasteiger charge is -2.19. The van der Waals surface area contributed by atoms with Gasteiger partial charge in [0.15, 0.2) is 11.5 Å². The summed E-state index contributed by atoms with van der Waals surface area (Å²) in [6.07, 6.45) is 0.251. The first kappa shape index (κ1) is 16.0. The van der Waals surface area contributed by atoms with Crippen molar-refractivity contribution in [3.8, 4) is 11.5 Å². The van der Waals surface area contributed by atoms with E-state index in [0.717, 1.165) is 16.9 Å². The van der Waals surface area contributed by atoms with E-state index in [9.17, 15) is 4.79 Å². The van der Waals surface area contributed by atoms with Crippen molar-refractivity contribution in [2.75, 3.05) is 13.2 Å². The largest absolute Gasteiger partial charge is 0.486 e. The predicted octanol–water partition coefficient (Wildman–Crippen LogP) is 3.62. The minimum absolute atomic E-state index is 0.0849. The van der Waals surface area contributed by atoms with Crippen molar-refractivity contribution in [1.82, 2.24) is 5.32 Å². The van der Waals surface area contributed by atoms with Gasteiger partial charge in [0.1, 0.15) is 13.2 Å². The van der Waals surface area contributed by atoms with Crippen LogP contribution >= 0.6 is 23.2 Å². The molecule has 0 spiro atoms. The molecule has 1 aliphatic rings. The second kappa shape index (κ2) is 7.11. The number of halogens is 2. The molecule has 1 amide bonds. The van der Waals surface area contributed by atoms with Crippen LogP contribution in [0.2, 0.25) is 10.0 Å². The third kappa shape index (κ3) is 4.09. The smallest absolute Gasteiger partial charge is 0.224 e. The Hall–Kier alpha value is -1.91. The van der Waals surface area contributed by atoms with Gasteiger partial charge < -0.3 is 14.8 Å². The highest BCUT2D eigenvalue weighted by molar-refractivity contribution is 6.42. The molecule has 0 aromatic heterocycles. The fraction of sp³-hybridized carbons (Fsp3) is 0.235. The van der Waals surface area contributed by atoms with Gasteiger partial charge in [-0.2, -0.15) is 0 Å². The predicted molar refractivity (Wildman–Crippen MR) is 89.4 cm³/mol. The molecule has 120 valence electrons. The van der Waals surface area contributed by atoms with Crippen LogP contribution in [0.3, 0.4) is 0 Å². The maximum atomic E-state index is 12.0. The Labute approximate surface area is 144 Å². The lowest BCUT2D eigenvalue weighted by molar-refractivity contribution is -0.120. The number of carbonyl (C=O) groups is 1. The van der Waals surface area contributed by atoms with Gasteiger partial charge in [-0.15, -0.1) is 0 Å². The van der Waals surface area contributed by atoms with E-state index in [2.05, 4.69) is 5.32 Å². The maximum absolute atomic E-state index is 12.0. The zero-order chi connectivity index (χ0) is 16.2. The van der Waals surface area contributed by atoms with Crippen LogP contribution in [0.15, 0.2) is 36.4 Å². The fourth-order valence-electron chi connectivity index (χ4n) is 2.30. The SMILES string of the molecule is O=C(Cc1ccc(Cl)c(Cl)c1)NCc1ccc2c(c1)OCCO2. The molecular formula is C17H15Cl2NO3. The molecule has 0 bridgehead atoms. The second-order valence-corrected chi connectivity index (χ2v) is 5.99. The van der Waals surface area contributed by atoms with Crippen molar-refractivity contribution in [2.24, 2.45) is 0 Å². The molecule has 2 aromatic carbocycles. The van der Waals surface area contributed by atoms with Crippen molar-refractivity contribution in [2.45, 2.75) is 13.0 Å². The molecule has 6 heteroatoms. The van der Waals surface area contributed by atoms with Crippen LogP contribution in [0.1, 0.15) is 11.1 Å². The molecule has 1 N–H and O–H groups in total. The maximum Gasteiger partial charge on any atom is 0.224 e. The van der Waals surface area contributed by atoms with Crippen LogP contribution in [-0.4, -0.2) is 19.1 Å². The lowest BCUT2D eigenvalue weighted by atomic mass is 10.1. The minimum Gasteiger partial charge on any atom is -0.486 e. The zero-order valence-corrected chi connectivity index (χ0v) is 13.8. The standard InChI is InChI=1S/C17H15Cl2NO3/c18-13-3-1-11(7-14(13)19)9-17(21)20-10-12-2-4-15-16(8-12)23-6-5-22-15/h1-4,7-8H,5-6,9-10H2,(H,20,21). The molecule has 0 aliphatic carbocycles. The Bertz CT molecular complexity index is 734. The number of fused-ring (bicyclic) bond motifs is 1. The first-order valence-electron chi connectivity index (χ1n) is 7.21. The third-order valence-electron chi connectivity index (χ3n) is 3.44. The Morgan fingerprint density at radius 3 is 2.48 bits per heavy atom. The van der Waals surface area contributed by atoms with Crippen molar-refractivity contribution in [1.29, 1.82) is 0 Å². The molecule has 0 atom stereocenters. The fourth-order valence-corrected chi connectivity index (χ4v) is 2.62. The van der Waals surface area contributed by atoms with Gasteiger partial charge in [-0.25, -0.2) is 0 Å². The Morgan fingerprint density at radius 2 is 1.70 bits per heavy atom. The van der Waals surface area contributed by atoms with Crippen molar-refractivity contribution >= 4 is 29.1 Å². The van der Waals surface area contributed by atoms with Gasteiger partial charge in [0.05, 0.1) is 16.5 Å². The van der Waals surface area contributed by atoms with Crippen LogP contribution in [-0.2, 0) is 17.8 Å². The van der Waals surface area contributed by atoms with E-state index < -0.39 is 0 Å². The van der Waals surface area contributed by atoms with Crippen LogP contribution < -0.4 is 14.8 Å². The Morgan fingerprint density at radius 1 is 0.957 bits per heavy atom. The molecule has 0 unspecified atom stereocenters. The average Bonchev–Trinajstić information content (AvgIpc) is 2.56. The summed E-state index contributed by atoms with van der Waals surface area (Å²) in [5, 5.41) is 3.80.